The Hall–Kier alpha value is -2.39. The molecule has 1 saturated carbocycles. The summed E-state index contributed by atoms with van der Waals surface area (Å²) >= 11 is 0. The molecule has 0 amide bonds. The third kappa shape index (κ3) is 3.53. The molecule has 0 aromatic heterocycles. The number of carbonyl (C=O) groups excluding carboxylic acids is 1. The van der Waals surface area contributed by atoms with Crippen molar-refractivity contribution < 1.29 is 9.53 Å². The first kappa shape index (κ1) is 18.6. The van der Waals surface area contributed by atoms with E-state index in [1.54, 1.807) is 7.11 Å². The fourth-order valence-electron chi connectivity index (χ4n) is 5.83. The molecule has 4 bridgehead atoms. The lowest BCUT2D eigenvalue weighted by Crippen LogP contribution is -2.58. The molecule has 0 spiro atoms. The lowest BCUT2D eigenvalue weighted by atomic mass is 9.66. The van der Waals surface area contributed by atoms with Gasteiger partial charge in [0.25, 0.3) is 0 Å². The van der Waals surface area contributed by atoms with Gasteiger partial charge >= 0.3 is 5.97 Å². The highest BCUT2D eigenvalue weighted by molar-refractivity contribution is 5.75. The molecule has 3 nitrogen and oxygen atoms in total. The molecule has 2 aromatic rings. The zero-order valence-corrected chi connectivity index (χ0v) is 17.1. The number of hydrogen-bond acceptors (Lipinski definition) is 3. The average molecular weight is 388 g/mol. The van der Waals surface area contributed by atoms with E-state index in [1.165, 1.54) is 35.1 Å². The summed E-state index contributed by atoms with van der Waals surface area (Å²) < 4.78 is 5.26. The summed E-state index contributed by atoms with van der Waals surface area (Å²) in [6, 6.07) is 19.7. The minimum Gasteiger partial charge on any atom is -0.469 e. The van der Waals surface area contributed by atoms with Crippen LogP contribution in [0.3, 0.4) is 0 Å². The molecule has 4 unspecified atom stereocenters. The van der Waals surface area contributed by atoms with E-state index in [4.69, 9.17) is 4.74 Å². The summed E-state index contributed by atoms with van der Waals surface area (Å²) in [5.41, 5.74) is 5.11. The molecule has 4 saturated heterocycles. The van der Waals surface area contributed by atoms with E-state index in [-0.39, 0.29) is 11.9 Å². The number of nitrogens with zero attached hydrogens (tertiary/aromatic N) is 1. The molecule has 150 valence electrons. The fraction of sp³-hybridized carbons (Fsp3) is 0.423. The van der Waals surface area contributed by atoms with Gasteiger partial charge < -0.3 is 4.74 Å². The van der Waals surface area contributed by atoms with Gasteiger partial charge in [-0.05, 0) is 54.2 Å². The number of fused-ring (bicyclic) bond motifs is 2. The van der Waals surface area contributed by atoms with E-state index < -0.39 is 0 Å². The van der Waals surface area contributed by atoms with E-state index >= 15 is 0 Å². The highest BCUT2D eigenvalue weighted by Crippen LogP contribution is 2.46. The smallest absolute Gasteiger partial charge is 0.310 e. The standard InChI is InChI=1S/C26H29NO2/c1-29-26(28)25-23-13-9-19-10-14-24(25)27(16-19)17-22(23)15-18-7-11-21(12-8-18)20-5-3-2-4-6-20/h2-8,11-12,15,19,23-25H,9-10,13-14,16-17H2,1H3/b22-15+/t19?,23?,24?,25-/m1/s1. The predicted octanol–water partition coefficient (Wildman–Crippen LogP) is 5.03. The quantitative estimate of drug-likeness (QED) is 0.692. The van der Waals surface area contributed by atoms with Crippen molar-refractivity contribution in [3.05, 3.63) is 65.7 Å². The Bertz CT molecular complexity index is 902. The summed E-state index contributed by atoms with van der Waals surface area (Å²) in [5, 5.41) is 0. The molecule has 1 aliphatic carbocycles. The average Bonchev–Trinajstić information content (AvgIpc) is 2.75. The number of hydrogen-bond donors (Lipinski definition) is 0. The van der Waals surface area contributed by atoms with Crippen LogP contribution in [0, 0.1) is 17.8 Å². The van der Waals surface area contributed by atoms with Gasteiger partial charge in [-0.1, -0.05) is 66.2 Å². The second-order valence-electron chi connectivity index (χ2n) is 8.88. The van der Waals surface area contributed by atoms with Crippen molar-refractivity contribution in [2.24, 2.45) is 17.8 Å². The molecule has 5 fully saturated rings. The van der Waals surface area contributed by atoms with Crippen LogP contribution in [0.5, 0.6) is 0 Å². The van der Waals surface area contributed by atoms with Crippen LogP contribution < -0.4 is 0 Å². The first-order valence-electron chi connectivity index (χ1n) is 10.9. The molecule has 2 aromatic carbocycles. The Morgan fingerprint density at radius 2 is 1.69 bits per heavy atom. The van der Waals surface area contributed by atoms with Crippen LogP contribution in [0.4, 0.5) is 0 Å². The van der Waals surface area contributed by atoms with E-state index in [0.717, 1.165) is 31.8 Å². The molecule has 0 radical (unpaired) electrons. The highest BCUT2D eigenvalue weighted by atomic mass is 16.5. The summed E-state index contributed by atoms with van der Waals surface area (Å²) in [6.07, 6.45) is 7.08. The highest BCUT2D eigenvalue weighted by Gasteiger charge is 2.49. The van der Waals surface area contributed by atoms with Crippen molar-refractivity contribution in [1.82, 2.24) is 4.90 Å². The summed E-state index contributed by atoms with van der Waals surface area (Å²) in [6.45, 7) is 2.13. The topological polar surface area (TPSA) is 29.5 Å². The number of benzene rings is 2. The Morgan fingerprint density at radius 1 is 0.966 bits per heavy atom. The van der Waals surface area contributed by atoms with Gasteiger partial charge in [0.05, 0.1) is 13.0 Å². The van der Waals surface area contributed by atoms with Gasteiger partial charge in [-0.15, -0.1) is 0 Å². The zero-order valence-electron chi connectivity index (χ0n) is 17.1. The van der Waals surface area contributed by atoms with Crippen molar-refractivity contribution in [3.63, 3.8) is 0 Å². The molecule has 7 rings (SSSR count). The first-order valence-corrected chi connectivity index (χ1v) is 10.9. The first-order chi connectivity index (χ1) is 14.2. The van der Waals surface area contributed by atoms with Crippen LogP contribution >= 0.6 is 0 Å². The third-order valence-corrected chi connectivity index (χ3v) is 7.27. The van der Waals surface area contributed by atoms with E-state index in [1.807, 2.05) is 6.07 Å². The summed E-state index contributed by atoms with van der Waals surface area (Å²) in [5.74, 6) is 1.10. The van der Waals surface area contributed by atoms with Gasteiger partial charge in [0.2, 0.25) is 0 Å². The van der Waals surface area contributed by atoms with Crippen LogP contribution in [0.15, 0.2) is 60.2 Å². The Labute approximate surface area is 173 Å². The van der Waals surface area contributed by atoms with E-state index in [2.05, 4.69) is 59.5 Å². The van der Waals surface area contributed by atoms with Crippen LogP contribution in [0.25, 0.3) is 17.2 Å². The normalized spacial score (nSPS) is 32.0. The third-order valence-electron chi connectivity index (χ3n) is 7.27. The molecule has 3 heteroatoms. The van der Waals surface area contributed by atoms with Gasteiger partial charge in [-0.3, -0.25) is 9.69 Å². The fourth-order valence-corrected chi connectivity index (χ4v) is 5.83. The second kappa shape index (κ2) is 7.79. The molecular weight excluding hydrogens is 358 g/mol. The molecule has 4 aliphatic heterocycles. The van der Waals surface area contributed by atoms with Crippen LogP contribution in [-0.4, -0.2) is 37.1 Å². The maximum atomic E-state index is 12.7. The molecular formula is C26H29NO2. The van der Waals surface area contributed by atoms with Crippen LogP contribution in [0.2, 0.25) is 0 Å². The van der Waals surface area contributed by atoms with Crippen LogP contribution in [0.1, 0.15) is 31.2 Å². The molecule has 4 heterocycles. The lowest BCUT2D eigenvalue weighted by Gasteiger charge is -2.52. The molecule has 29 heavy (non-hydrogen) atoms. The number of ether oxygens (including phenoxy) is 1. The van der Waals surface area contributed by atoms with Gasteiger partial charge in [0.1, 0.15) is 0 Å². The number of piperidine rings is 2. The predicted molar refractivity (Wildman–Crippen MR) is 116 cm³/mol. The van der Waals surface area contributed by atoms with Crippen molar-refractivity contribution in [2.45, 2.75) is 31.7 Å². The monoisotopic (exact) mass is 387 g/mol. The van der Waals surface area contributed by atoms with E-state index in [0.29, 0.717) is 12.0 Å². The number of esters is 1. The lowest BCUT2D eigenvalue weighted by molar-refractivity contribution is -0.154. The van der Waals surface area contributed by atoms with Crippen molar-refractivity contribution in [3.8, 4) is 11.1 Å². The van der Waals surface area contributed by atoms with E-state index in [9.17, 15) is 4.79 Å². The minimum atomic E-state index is -0.0182. The number of rotatable bonds is 3. The summed E-state index contributed by atoms with van der Waals surface area (Å²) in [7, 11) is 1.54. The summed E-state index contributed by atoms with van der Waals surface area (Å²) in [4.78, 5) is 15.3. The maximum Gasteiger partial charge on any atom is 0.310 e. The largest absolute Gasteiger partial charge is 0.469 e. The van der Waals surface area contributed by atoms with Crippen molar-refractivity contribution in [1.29, 1.82) is 0 Å². The van der Waals surface area contributed by atoms with Crippen molar-refractivity contribution in [2.75, 3.05) is 20.2 Å². The van der Waals surface area contributed by atoms with Gasteiger partial charge in [-0.25, -0.2) is 0 Å². The molecule has 5 atom stereocenters. The Balaban J connectivity index is 1.45. The zero-order chi connectivity index (χ0) is 19.8. The van der Waals surface area contributed by atoms with Gasteiger partial charge in [0.15, 0.2) is 0 Å². The van der Waals surface area contributed by atoms with Gasteiger partial charge in [-0.2, -0.15) is 0 Å². The number of methoxy groups -OCH3 is 1. The van der Waals surface area contributed by atoms with Crippen molar-refractivity contribution >= 4 is 12.0 Å². The van der Waals surface area contributed by atoms with Crippen LogP contribution in [-0.2, 0) is 9.53 Å². The number of carbonyl (C=O) groups is 1. The SMILES string of the molecule is COC(=O)[C@@H]1C2CCC3CCC1N(C/C2=C\c1ccc(-c2ccccc2)cc1)C3. The molecule has 5 aliphatic rings. The Kier molecular flexibility index (Phi) is 5.01. The van der Waals surface area contributed by atoms with Gasteiger partial charge in [0, 0.05) is 19.1 Å². The molecule has 0 N–H and O–H groups in total. The maximum absolute atomic E-state index is 12.7. The Morgan fingerprint density at radius 3 is 2.45 bits per heavy atom. The second-order valence-corrected chi connectivity index (χ2v) is 8.88. The minimum absolute atomic E-state index is 0.00941.